The molecule has 1 amide bonds. The van der Waals surface area contributed by atoms with Crippen LogP contribution in [0.1, 0.15) is 12.5 Å². The zero-order valence-electron chi connectivity index (χ0n) is 14.5. The molecule has 0 unspecified atom stereocenters. The van der Waals surface area contributed by atoms with Crippen LogP contribution >= 0.6 is 0 Å². The van der Waals surface area contributed by atoms with Crippen LogP contribution < -0.4 is 4.74 Å². The minimum Gasteiger partial charge on any atom is -0.490 e. The van der Waals surface area contributed by atoms with Gasteiger partial charge in [-0.1, -0.05) is 30.9 Å². The van der Waals surface area contributed by atoms with Crippen LogP contribution in [-0.4, -0.2) is 37.0 Å². The molecular formula is C20H21NO4. The normalized spacial score (nSPS) is 15.5. The number of nitrogens with zero attached hydrogens (tertiary/aromatic N) is 1. The Morgan fingerprint density at radius 1 is 1.20 bits per heavy atom. The first kappa shape index (κ1) is 18.3. The van der Waals surface area contributed by atoms with Crippen molar-refractivity contribution >= 4 is 18.0 Å². The standard InChI is InChI=1S/C20H21NO4/c1-5-11-21-14(3)18(20(23)24-4)17(19(21)22)13-15-7-9-16(10-8-15)25-12-6-2/h5-10,13H,1-2,11-12H2,3-4H3/b17-13-. The van der Waals surface area contributed by atoms with Crippen molar-refractivity contribution < 1.29 is 19.1 Å². The number of hydrogen-bond acceptors (Lipinski definition) is 4. The zero-order chi connectivity index (χ0) is 18.4. The second kappa shape index (κ2) is 8.15. The van der Waals surface area contributed by atoms with E-state index in [9.17, 15) is 9.59 Å². The smallest absolute Gasteiger partial charge is 0.340 e. The van der Waals surface area contributed by atoms with Gasteiger partial charge in [-0.2, -0.15) is 0 Å². The maximum atomic E-state index is 12.7. The molecular weight excluding hydrogens is 318 g/mol. The highest BCUT2D eigenvalue weighted by atomic mass is 16.5. The number of benzene rings is 1. The Balaban J connectivity index is 2.38. The van der Waals surface area contributed by atoms with E-state index in [-0.39, 0.29) is 11.5 Å². The summed E-state index contributed by atoms with van der Waals surface area (Å²) >= 11 is 0. The monoisotopic (exact) mass is 339 g/mol. The third-order valence-corrected chi connectivity index (χ3v) is 3.77. The maximum Gasteiger partial charge on any atom is 0.340 e. The average molecular weight is 339 g/mol. The molecule has 1 aliphatic rings. The molecule has 0 N–H and O–H groups in total. The molecule has 25 heavy (non-hydrogen) atoms. The van der Waals surface area contributed by atoms with E-state index in [2.05, 4.69) is 13.2 Å². The lowest BCUT2D eigenvalue weighted by atomic mass is 10.0. The fourth-order valence-electron chi connectivity index (χ4n) is 2.56. The lowest BCUT2D eigenvalue weighted by Gasteiger charge is -2.14. The van der Waals surface area contributed by atoms with Gasteiger partial charge in [0.2, 0.25) is 0 Å². The molecule has 0 fully saturated rings. The second-order valence-corrected chi connectivity index (χ2v) is 5.38. The van der Waals surface area contributed by atoms with Crippen molar-refractivity contribution in [3.63, 3.8) is 0 Å². The number of methoxy groups -OCH3 is 1. The highest BCUT2D eigenvalue weighted by Crippen LogP contribution is 2.31. The van der Waals surface area contributed by atoms with Gasteiger partial charge in [0.1, 0.15) is 12.4 Å². The van der Waals surface area contributed by atoms with Crippen LogP contribution in [-0.2, 0) is 14.3 Å². The van der Waals surface area contributed by atoms with Gasteiger partial charge in [-0.05, 0) is 30.7 Å². The van der Waals surface area contributed by atoms with Crippen LogP contribution in [0.2, 0.25) is 0 Å². The molecule has 0 atom stereocenters. The molecule has 130 valence electrons. The number of carbonyl (C=O) groups is 2. The van der Waals surface area contributed by atoms with Crippen molar-refractivity contribution in [3.8, 4) is 5.75 Å². The molecule has 0 aromatic heterocycles. The van der Waals surface area contributed by atoms with Crippen LogP contribution in [0.5, 0.6) is 5.75 Å². The summed E-state index contributed by atoms with van der Waals surface area (Å²) < 4.78 is 10.3. The van der Waals surface area contributed by atoms with Crippen molar-refractivity contribution in [2.24, 2.45) is 0 Å². The van der Waals surface area contributed by atoms with E-state index >= 15 is 0 Å². The largest absolute Gasteiger partial charge is 0.490 e. The molecule has 0 bridgehead atoms. The van der Waals surface area contributed by atoms with Crippen molar-refractivity contribution in [1.82, 2.24) is 4.90 Å². The van der Waals surface area contributed by atoms with E-state index in [0.717, 1.165) is 5.56 Å². The Morgan fingerprint density at radius 2 is 1.88 bits per heavy atom. The van der Waals surface area contributed by atoms with Crippen LogP contribution in [0.4, 0.5) is 0 Å². The fraction of sp³-hybridized carbons (Fsp3) is 0.200. The van der Waals surface area contributed by atoms with Gasteiger partial charge in [0.25, 0.3) is 5.91 Å². The van der Waals surface area contributed by atoms with Crippen LogP contribution in [0, 0.1) is 0 Å². The van der Waals surface area contributed by atoms with E-state index in [1.807, 2.05) is 12.1 Å². The highest BCUT2D eigenvalue weighted by molar-refractivity contribution is 6.16. The molecule has 0 saturated heterocycles. The first-order valence-corrected chi connectivity index (χ1v) is 7.81. The van der Waals surface area contributed by atoms with E-state index in [1.54, 1.807) is 37.3 Å². The van der Waals surface area contributed by atoms with Crippen molar-refractivity contribution in [2.75, 3.05) is 20.3 Å². The van der Waals surface area contributed by atoms with E-state index in [4.69, 9.17) is 9.47 Å². The SMILES string of the molecule is C=CCOc1ccc(/C=C2\C(=O)N(CC=C)C(C)=C2C(=O)OC)cc1. The summed E-state index contributed by atoms with van der Waals surface area (Å²) in [5.74, 6) is -0.0765. The van der Waals surface area contributed by atoms with E-state index in [1.165, 1.54) is 12.0 Å². The number of carbonyl (C=O) groups excluding carboxylic acids is 2. The Bertz CT molecular complexity index is 756. The Kier molecular flexibility index (Phi) is 5.95. The maximum absolute atomic E-state index is 12.7. The van der Waals surface area contributed by atoms with Gasteiger partial charge in [-0.15, -0.1) is 6.58 Å². The van der Waals surface area contributed by atoms with Gasteiger partial charge in [0.15, 0.2) is 0 Å². The molecule has 1 aromatic rings. The summed E-state index contributed by atoms with van der Waals surface area (Å²) in [7, 11) is 1.30. The van der Waals surface area contributed by atoms with Gasteiger partial charge in [0.05, 0.1) is 18.3 Å². The van der Waals surface area contributed by atoms with Crippen molar-refractivity contribution in [1.29, 1.82) is 0 Å². The summed E-state index contributed by atoms with van der Waals surface area (Å²) in [6, 6.07) is 7.23. The fourth-order valence-corrected chi connectivity index (χ4v) is 2.56. The molecule has 1 aromatic carbocycles. The highest BCUT2D eigenvalue weighted by Gasteiger charge is 2.36. The summed E-state index contributed by atoms with van der Waals surface area (Å²) in [4.78, 5) is 26.3. The van der Waals surface area contributed by atoms with Gasteiger partial charge in [-0.25, -0.2) is 4.79 Å². The number of esters is 1. The molecule has 1 aliphatic heterocycles. The number of ether oxygens (including phenoxy) is 2. The average Bonchev–Trinajstić information content (AvgIpc) is 2.85. The number of amides is 1. The third-order valence-electron chi connectivity index (χ3n) is 3.77. The molecule has 0 radical (unpaired) electrons. The van der Waals surface area contributed by atoms with Gasteiger partial charge in [-0.3, -0.25) is 4.79 Å². The lowest BCUT2D eigenvalue weighted by Crippen LogP contribution is -2.24. The lowest BCUT2D eigenvalue weighted by molar-refractivity contribution is -0.136. The van der Waals surface area contributed by atoms with Crippen molar-refractivity contribution in [2.45, 2.75) is 6.92 Å². The van der Waals surface area contributed by atoms with Crippen LogP contribution in [0.15, 0.2) is 66.4 Å². The van der Waals surface area contributed by atoms with Gasteiger partial charge >= 0.3 is 5.97 Å². The van der Waals surface area contributed by atoms with E-state index < -0.39 is 5.97 Å². The molecule has 5 nitrogen and oxygen atoms in total. The van der Waals surface area contributed by atoms with Gasteiger partial charge < -0.3 is 14.4 Å². The topological polar surface area (TPSA) is 55.8 Å². The predicted molar refractivity (Wildman–Crippen MR) is 96.7 cm³/mol. The molecule has 1 heterocycles. The Hall–Kier alpha value is -3.08. The number of allylic oxidation sites excluding steroid dienone is 1. The molecule has 0 aliphatic carbocycles. The van der Waals surface area contributed by atoms with Crippen LogP contribution in [0.3, 0.4) is 0 Å². The summed E-state index contributed by atoms with van der Waals surface area (Å²) in [5, 5.41) is 0. The summed E-state index contributed by atoms with van der Waals surface area (Å²) in [6.45, 7) is 9.73. The number of rotatable bonds is 7. The van der Waals surface area contributed by atoms with E-state index in [0.29, 0.717) is 30.2 Å². The minimum absolute atomic E-state index is 0.246. The summed E-state index contributed by atoms with van der Waals surface area (Å²) in [6.07, 6.45) is 4.96. The minimum atomic E-state index is -0.533. The third kappa shape index (κ3) is 3.88. The quantitative estimate of drug-likeness (QED) is 0.435. The predicted octanol–water partition coefficient (Wildman–Crippen LogP) is 3.11. The van der Waals surface area contributed by atoms with Crippen LogP contribution in [0.25, 0.3) is 6.08 Å². The Labute approximate surface area is 147 Å². The first-order chi connectivity index (χ1) is 12.0. The number of hydrogen-bond donors (Lipinski definition) is 0. The Morgan fingerprint density at radius 3 is 2.44 bits per heavy atom. The van der Waals surface area contributed by atoms with Gasteiger partial charge in [0, 0.05) is 12.2 Å². The zero-order valence-corrected chi connectivity index (χ0v) is 14.5. The second-order valence-electron chi connectivity index (χ2n) is 5.38. The first-order valence-electron chi connectivity index (χ1n) is 7.81. The summed E-state index contributed by atoms with van der Waals surface area (Å²) in [5.41, 5.74) is 1.94. The molecule has 5 heteroatoms. The molecule has 2 rings (SSSR count). The molecule has 0 spiro atoms. The molecule has 0 saturated carbocycles. The van der Waals surface area contributed by atoms with Crippen molar-refractivity contribution in [3.05, 3.63) is 72.0 Å².